The third kappa shape index (κ3) is 3.57. The van der Waals surface area contributed by atoms with Gasteiger partial charge in [-0.3, -0.25) is 19.6 Å². The highest BCUT2D eigenvalue weighted by molar-refractivity contribution is 6.04. The van der Waals surface area contributed by atoms with E-state index in [1.54, 1.807) is 56.6 Å². The summed E-state index contributed by atoms with van der Waals surface area (Å²) in [5, 5.41) is 21.9. The summed E-state index contributed by atoms with van der Waals surface area (Å²) in [6, 6.07) is 6.99. The quantitative estimate of drug-likeness (QED) is 0.545. The second-order valence-electron chi connectivity index (χ2n) is 6.28. The number of carbonyl (C=O) groups excluding carboxylic acids is 1. The minimum atomic E-state index is -0.420. The zero-order valence-electron chi connectivity index (χ0n) is 15.4. The van der Waals surface area contributed by atoms with E-state index < -0.39 is 4.92 Å². The minimum Gasteiger partial charge on any atom is -0.359 e. The standard InChI is InChI=1S/C18H19N5O4/c1-10-16(13(4)27-21-10)19-18(24)15-7-5-14(6-8-15)9-22-12(3)17(23(25)26)11(2)20-22/h5-8H,9H2,1-4H3,(H,19,24). The van der Waals surface area contributed by atoms with Gasteiger partial charge in [0.25, 0.3) is 5.91 Å². The first-order valence-electron chi connectivity index (χ1n) is 8.29. The molecule has 9 heteroatoms. The molecule has 0 bridgehead atoms. The van der Waals surface area contributed by atoms with Crippen LogP contribution in [0.15, 0.2) is 28.8 Å². The second-order valence-corrected chi connectivity index (χ2v) is 6.28. The van der Waals surface area contributed by atoms with E-state index in [1.807, 2.05) is 0 Å². The van der Waals surface area contributed by atoms with E-state index in [-0.39, 0.29) is 11.6 Å². The lowest BCUT2D eigenvalue weighted by Crippen LogP contribution is -2.13. The third-order valence-corrected chi connectivity index (χ3v) is 4.35. The van der Waals surface area contributed by atoms with Gasteiger partial charge in [0.2, 0.25) is 0 Å². The maximum atomic E-state index is 12.4. The van der Waals surface area contributed by atoms with Crippen LogP contribution in [-0.4, -0.2) is 25.8 Å². The van der Waals surface area contributed by atoms with Crippen molar-refractivity contribution < 1.29 is 14.2 Å². The molecule has 2 aromatic heterocycles. The Morgan fingerprint density at radius 3 is 2.37 bits per heavy atom. The Balaban J connectivity index is 1.75. The van der Waals surface area contributed by atoms with Crippen LogP contribution < -0.4 is 5.32 Å². The molecule has 9 nitrogen and oxygen atoms in total. The number of benzene rings is 1. The van der Waals surface area contributed by atoms with Gasteiger partial charge in [-0.25, -0.2) is 0 Å². The van der Waals surface area contributed by atoms with Gasteiger partial charge < -0.3 is 9.84 Å². The van der Waals surface area contributed by atoms with Gasteiger partial charge in [-0.1, -0.05) is 17.3 Å². The molecular weight excluding hydrogens is 350 g/mol. The summed E-state index contributed by atoms with van der Waals surface area (Å²) >= 11 is 0. The Kier molecular flexibility index (Phi) is 4.76. The number of aromatic nitrogens is 3. The summed E-state index contributed by atoms with van der Waals surface area (Å²) in [4.78, 5) is 23.1. The van der Waals surface area contributed by atoms with Crippen LogP contribution in [0.5, 0.6) is 0 Å². The van der Waals surface area contributed by atoms with Crippen molar-refractivity contribution in [3.8, 4) is 0 Å². The molecule has 0 spiro atoms. The molecule has 0 radical (unpaired) electrons. The van der Waals surface area contributed by atoms with Gasteiger partial charge in [0, 0.05) is 5.56 Å². The summed E-state index contributed by atoms with van der Waals surface area (Å²) in [5.41, 5.74) is 3.46. The minimum absolute atomic E-state index is 0.0328. The predicted molar refractivity (Wildman–Crippen MR) is 97.8 cm³/mol. The molecule has 3 rings (SSSR count). The molecule has 0 aliphatic heterocycles. The van der Waals surface area contributed by atoms with Crippen LogP contribution in [0.25, 0.3) is 0 Å². The fourth-order valence-corrected chi connectivity index (χ4v) is 2.89. The molecule has 0 aliphatic rings. The molecule has 1 aromatic carbocycles. The van der Waals surface area contributed by atoms with Crippen molar-refractivity contribution in [2.45, 2.75) is 34.2 Å². The highest BCUT2D eigenvalue weighted by atomic mass is 16.6. The Morgan fingerprint density at radius 2 is 1.85 bits per heavy atom. The molecule has 1 N–H and O–H groups in total. The van der Waals surface area contributed by atoms with E-state index in [2.05, 4.69) is 15.6 Å². The number of carbonyl (C=O) groups is 1. The second kappa shape index (κ2) is 7.02. The number of anilines is 1. The molecule has 0 aliphatic carbocycles. The smallest absolute Gasteiger partial charge is 0.312 e. The fraction of sp³-hybridized carbons (Fsp3) is 0.278. The zero-order valence-corrected chi connectivity index (χ0v) is 15.4. The Bertz CT molecular complexity index is 998. The van der Waals surface area contributed by atoms with Crippen molar-refractivity contribution in [1.82, 2.24) is 14.9 Å². The number of amides is 1. The number of nitrogens with one attached hydrogen (secondary N) is 1. The third-order valence-electron chi connectivity index (χ3n) is 4.35. The average Bonchev–Trinajstić information content (AvgIpc) is 3.08. The molecule has 0 saturated carbocycles. The van der Waals surface area contributed by atoms with Gasteiger partial charge in [-0.15, -0.1) is 0 Å². The number of nitrogens with zero attached hydrogens (tertiary/aromatic N) is 4. The largest absolute Gasteiger partial charge is 0.359 e. The van der Waals surface area contributed by atoms with Crippen molar-refractivity contribution in [1.29, 1.82) is 0 Å². The van der Waals surface area contributed by atoms with E-state index >= 15 is 0 Å². The van der Waals surface area contributed by atoms with Crippen LogP contribution in [0.2, 0.25) is 0 Å². The van der Waals surface area contributed by atoms with Gasteiger partial charge in [-0.05, 0) is 45.4 Å². The van der Waals surface area contributed by atoms with Crippen LogP contribution in [0.3, 0.4) is 0 Å². The first-order chi connectivity index (χ1) is 12.8. The van der Waals surface area contributed by atoms with Crippen LogP contribution in [0.1, 0.15) is 38.8 Å². The number of nitro groups is 1. The monoisotopic (exact) mass is 369 g/mol. The molecule has 0 atom stereocenters. The summed E-state index contributed by atoms with van der Waals surface area (Å²) in [6.45, 7) is 7.15. The van der Waals surface area contributed by atoms with Gasteiger partial charge in [-0.2, -0.15) is 5.10 Å². The molecule has 0 saturated heterocycles. The van der Waals surface area contributed by atoms with Crippen molar-refractivity contribution >= 4 is 17.3 Å². The molecule has 140 valence electrons. The van der Waals surface area contributed by atoms with Crippen molar-refractivity contribution in [3.05, 3.63) is 68.3 Å². The Labute approximate surface area is 155 Å². The molecule has 1 amide bonds. The summed E-state index contributed by atoms with van der Waals surface area (Å²) < 4.78 is 6.62. The molecule has 2 heterocycles. The van der Waals surface area contributed by atoms with Crippen LogP contribution >= 0.6 is 0 Å². The highest BCUT2D eigenvalue weighted by Gasteiger charge is 2.21. The maximum absolute atomic E-state index is 12.4. The zero-order chi connectivity index (χ0) is 19.7. The fourth-order valence-electron chi connectivity index (χ4n) is 2.89. The Morgan fingerprint density at radius 1 is 1.19 bits per heavy atom. The van der Waals surface area contributed by atoms with Crippen molar-refractivity contribution in [3.63, 3.8) is 0 Å². The lowest BCUT2D eigenvalue weighted by Gasteiger charge is -2.07. The molecule has 3 aromatic rings. The van der Waals surface area contributed by atoms with Gasteiger partial charge in [0.1, 0.15) is 22.8 Å². The lowest BCUT2D eigenvalue weighted by atomic mass is 10.1. The number of hydrogen-bond acceptors (Lipinski definition) is 6. The number of aryl methyl sites for hydroxylation is 3. The van der Waals surface area contributed by atoms with Crippen molar-refractivity contribution in [2.24, 2.45) is 0 Å². The Hall–Kier alpha value is -3.49. The average molecular weight is 369 g/mol. The summed E-state index contributed by atoms with van der Waals surface area (Å²) in [7, 11) is 0. The summed E-state index contributed by atoms with van der Waals surface area (Å²) in [5.74, 6) is 0.279. The molecular formula is C18H19N5O4. The molecule has 0 fully saturated rings. The van der Waals surface area contributed by atoms with Crippen LogP contribution in [-0.2, 0) is 6.54 Å². The molecule has 27 heavy (non-hydrogen) atoms. The van der Waals surface area contributed by atoms with E-state index in [9.17, 15) is 14.9 Å². The van der Waals surface area contributed by atoms with Gasteiger partial charge >= 0.3 is 5.69 Å². The van der Waals surface area contributed by atoms with Crippen LogP contribution in [0, 0.1) is 37.8 Å². The topological polar surface area (TPSA) is 116 Å². The molecule has 0 unspecified atom stereocenters. The first kappa shape index (κ1) is 18.3. The first-order valence-corrected chi connectivity index (χ1v) is 8.29. The normalized spacial score (nSPS) is 10.8. The predicted octanol–water partition coefficient (Wildman–Crippen LogP) is 3.31. The highest BCUT2D eigenvalue weighted by Crippen LogP contribution is 2.23. The summed E-state index contributed by atoms with van der Waals surface area (Å²) in [6.07, 6.45) is 0. The lowest BCUT2D eigenvalue weighted by molar-refractivity contribution is -0.386. The van der Waals surface area contributed by atoms with E-state index in [1.165, 1.54) is 0 Å². The maximum Gasteiger partial charge on any atom is 0.312 e. The van der Waals surface area contributed by atoms with Crippen molar-refractivity contribution in [2.75, 3.05) is 5.32 Å². The van der Waals surface area contributed by atoms with E-state index in [0.717, 1.165) is 5.56 Å². The van der Waals surface area contributed by atoms with Gasteiger partial charge in [0.05, 0.1) is 11.5 Å². The number of rotatable bonds is 5. The van der Waals surface area contributed by atoms with E-state index in [0.29, 0.717) is 40.6 Å². The SMILES string of the molecule is Cc1noc(C)c1NC(=O)c1ccc(Cn2nc(C)c([N+](=O)[O-])c2C)cc1. The van der Waals surface area contributed by atoms with Gasteiger partial charge in [0.15, 0.2) is 5.76 Å². The van der Waals surface area contributed by atoms with E-state index in [4.69, 9.17) is 4.52 Å². The number of hydrogen-bond donors (Lipinski definition) is 1. The van der Waals surface area contributed by atoms with Crippen LogP contribution in [0.4, 0.5) is 11.4 Å².